The number of hydrogen-bond acceptors (Lipinski definition) is 3. The molecular weight excluding hydrogens is 264 g/mol. The Morgan fingerprint density at radius 3 is 2.81 bits per heavy atom. The monoisotopic (exact) mass is 284 g/mol. The maximum absolute atomic E-state index is 12.7. The van der Waals surface area contributed by atoms with Gasteiger partial charge in [-0.3, -0.25) is 9.89 Å². The maximum Gasteiger partial charge on any atom is 0.277 e. The lowest BCUT2D eigenvalue weighted by Gasteiger charge is -2.25. The van der Waals surface area contributed by atoms with E-state index in [0.29, 0.717) is 11.4 Å². The SMILES string of the molecule is Cc1ccccc1C1CCCN1C(=O)c1n[nH]c(C)c1N. The molecule has 3 rings (SSSR count). The number of aryl methyl sites for hydroxylation is 2. The predicted molar refractivity (Wildman–Crippen MR) is 81.9 cm³/mol. The van der Waals surface area contributed by atoms with E-state index in [1.54, 1.807) is 0 Å². The first kappa shape index (κ1) is 13.7. The van der Waals surface area contributed by atoms with Gasteiger partial charge in [-0.2, -0.15) is 5.10 Å². The molecule has 1 aliphatic rings. The molecule has 21 heavy (non-hydrogen) atoms. The molecule has 1 aliphatic heterocycles. The van der Waals surface area contributed by atoms with Gasteiger partial charge in [0.1, 0.15) is 0 Å². The van der Waals surface area contributed by atoms with Crippen molar-refractivity contribution in [1.29, 1.82) is 0 Å². The van der Waals surface area contributed by atoms with Crippen molar-refractivity contribution >= 4 is 11.6 Å². The number of anilines is 1. The highest BCUT2D eigenvalue weighted by Crippen LogP contribution is 2.35. The summed E-state index contributed by atoms with van der Waals surface area (Å²) in [4.78, 5) is 14.6. The first-order valence-electron chi connectivity index (χ1n) is 7.26. The Kier molecular flexibility index (Phi) is 3.41. The molecule has 2 aromatic rings. The molecule has 0 aliphatic carbocycles. The zero-order valence-corrected chi connectivity index (χ0v) is 12.4. The Bertz CT molecular complexity index is 677. The lowest BCUT2D eigenvalue weighted by molar-refractivity contribution is 0.0730. The normalized spacial score (nSPS) is 18.2. The van der Waals surface area contributed by atoms with Crippen molar-refractivity contribution < 1.29 is 4.79 Å². The number of aromatic nitrogens is 2. The Balaban J connectivity index is 1.93. The molecular formula is C16H20N4O. The summed E-state index contributed by atoms with van der Waals surface area (Å²) in [5.74, 6) is -0.0809. The number of likely N-dealkylation sites (tertiary alicyclic amines) is 1. The molecule has 2 heterocycles. The zero-order valence-electron chi connectivity index (χ0n) is 12.4. The van der Waals surface area contributed by atoms with Gasteiger partial charge in [-0.25, -0.2) is 0 Å². The maximum atomic E-state index is 12.7. The number of carbonyl (C=O) groups is 1. The van der Waals surface area contributed by atoms with E-state index >= 15 is 0 Å². The molecule has 1 aromatic heterocycles. The van der Waals surface area contributed by atoms with Crippen LogP contribution in [0.15, 0.2) is 24.3 Å². The van der Waals surface area contributed by atoms with Crippen molar-refractivity contribution in [3.8, 4) is 0 Å². The fourth-order valence-corrected chi connectivity index (χ4v) is 3.03. The third-order valence-corrected chi connectivity index (χ3v) is 4.26. The third-order valence-electron chi connectivity index (χ3n) is 4.26. The second-order valence-corrected chi connectivity index (χ2v) is 5.62. The van der Waals surface area contributed by atoms with Gasteiger partial charge >= 0.3 is 0 Å². The van der Waals surface area contributed by atoms with Crippen molar-refractivity contribution in [1.82, 2.24) is 15.1 Å². The zero-order chi connectivity index (χ0) is 15.0. The van der Waals surface area contributed by atoms with Gasteiger partial charge < -0.3 is 10.6 Å². The van der Waals surface area contributed by atoms with Crippen LogP contribution in [0.5, 0.6) is 0 Å². The minimum atomic E-state index is -0.0809. The summed E-state index contributed by atoms with van der Waals surface area (Å²) in [5.41, 5.74) is 9.91. The summed E-state index contributed by atoms with van der Waals surface area (Å²) in [5, 5.41) is 6.85. The summed E-state index contributed by atoms with van der Waals surface area (Å²) in [6.07, 6.45) is 1.99. The molecule has 0 spiro atoms. The molecule has 0 bridgehead atoms. The van der Waals surface area contributed by atoms with Crippen LogP contribution in [0.3, 0.4) is 0 Å². The van der Waals surface area contributed by atoms with E-state index in [4.69, 9.17) is 5.73 Å². The number of nitrogens with one attached hydrogen (secondary N) is 1. The van der Waals surface area contributed by atoms with Gasteiger partial charge in [0, 0.05) is 6.54 Å². The topological polar surface area (TPSA) is 75.0 Å². The second-order valence-electron chi connectivity index (χ2n) is 5.62. The van der Waals surface area contributed by atoms with E-state index < -0.39 is 0 Å². The van der Waals surface area contributed by atoms with E-state index in [1.807, 2.05) is 24.0 Å². The number of carbonyl (C=O) groups excluding carboxylic acids is 1. The van der Waals surface area contributed by atoms with E-state index in [9.17, 15) is 4.79 Å². The van der Waals surface area contributed by atoms with E-state index in [0.717, 1.165) is 25.1 Å². The van der Waals surface area contributed by atoms with Crippen molar-refractivity contribution in [2.75, 3.05) is 12.3 Å². The molecule has 1 amide bonds. The van der Waals surface area contributed by atoms with Crippen LogP contribution in [0.25, 0.3) is 0 Å². The Labute approximate surface area is 124 Å². The quantitative estimate of drug-likeness (QED) is 0.890. The van der Waals surface area contributed by atoms with Gasteiger partial charge in [-0.1, -0.05) is 24.3 Å². The van der Waals surface area contributed by atoms with Crippen LogP contribution in [0, 0.1) is 13.8 Å². The fraction of sp³-hybridized carbons (Fsp3) is 0.375. The number of rotatable bonds is 2. The Hall–Kier alpha value is -2.30. The van der Waals surface area contributed by atoms with Crippen molar-refractivity contribution in [3.63, 3.8) is 0 Å². The van der Waals surface area contributed by atoms with Crippen LogP contribution in [-0.4, -0.2) is 27.5 Å². The van der Waals surface area contributed by atoms with Crippen LogP contribution in [0.2, 0.25) is 0 Å². The number of nitrogens with zero attached hydrogens (tertiary/aromatic N) is 2. The molecule has 1 unspecified atom stereocenters. The lowest BCUT2D eigenvalue weighted by atomic mass is 9.99. The highest BCUT2D eigenvalue weighted by atomic mass is 16.2. The molecule has 0 saturated carbocycles. The van der Waals surface area contributed by atoms with E-state index in [2.05, 4.69) is 29.3 Å². The standard InChI is InChI=1S/C16H20N4O/c1-10-6-3-4-7-12(10)13-8-5-9-20(13)16(21)15-14(17)11(2)18-19-15/h3-4,6-7,13H,5,8-9,17H2,1-2H3,(H,18,19). The first-order valence-corrected chi connectivity index (χ1v) is 7.26. The van der Waals surface area contributed by atoms with E-state index in [1.165, 1.54) is 11.1 Å². The molecule has 1 saturated heterocycles. The fourth-order valence-electron chi connectivity index (χ4n) is 3.03. The van der Waals surface area contributed by atoms with Gasteiger partial charge in [-0.15, -0.1) is 0 Å². The van der Waals surface area contributed by atoms with Gasteiger partial charge in [0.15, 0.2) is 5.69 Å². The van der Waals surface area contributed by atoms with Crippen molar-refractivity contribution in [2.24, 2.45) is 0 Å². The van der Waals surface area contributed by atoms with E-state index in [-0.39, 0.29) is 11.9 Å². The summed E-state index contributed by atoms with van der Waals surface area (Å²) in [6, 6.07) is 8.36. The minimum absolute atomic E-state index is 0.0809. The molecule has 3 N–H and O–H groups in total. The highest BCUT2D eigenvalue weighted by molar-refractivity contribution is 5.98. The number of benzene rings is 1. The average molecular weight is 284 g/mol. The molecule has 1 atom stereocenters. The number of hydrogen-bond donors (Lipinski definition) is 2. The molecule has 110 valence electrons. The van der Waals surface area contributed by atoms with Crippen LogP contribution in [0.1, 0.15) is 46.2 Å². The number of amides is 1. The van der Waals surface area contributed by atoms with Gasteiger partial charge in [0.2, 0.25) is 0 Å². The summed E-state index contributed by atoms with van der Waals surface area (Å²) in [6.45, 7) is 4.66. The second kappa shape index (κ2) is 5.24. The summed E-state index contributed by atoms with van der Waals surface area (Å²) >= 11 is 0. The van der Waals surface area contributed by atoms with Crippen molar-refractivity contribution in [2.45, 2.75) is 32.7 Å². The largest absolute Gasteiger partial charge is 0.395 e. The Morgan fingerprint density at radius 2 is 2.14 bits per heavy atom. The van der Waals surface area contributed by atoms with Crippen LogP contribution < -0.4 is 5.73 Å². The number of H-pyrrole nitrogens is 1. The van der Waals surface area contributed by atoms with Gasteiger partial charge in [0.05, 0.1) is 17.4 Å². The lowest BCUT2D eigenvalue weighted by Crippen LogP contribution is -2.31. The van der Waals surface area contributed by atoms with Gasteiger partial charge in [-0.05, 0) is 37.8 Å². The number of nitrogens with two attached hydrogens (primary N) is 1. The summed E-state index contributed by atoms with van der Waals surface area (Å²) in [7, 11) is 0. The average Bonchev–Trinajstić information content (AvgIpc) is 3.07. The highest BCUT2D eigenvalue weighted by Gasteiger charge is 2.33. The summed E-state index contributed by atoms with van der Waals surface area (Å²) < 4.78 is 0. The van der Waals surface area contributed by atoms with Crippen LogP contribution in [0.4, 0.5) is 5.69 Å². The Morgan fingerprint density at radius 1 is 1.38 bits per heavy atom. The smallest absolute Gasteiger partial charge is 0.277 e. The molecule has 5 nitrogen and oxygen atoms in total. The van der Waals surface area contributed by atoms with Crippen LogP contribution >= 0.6 is 0 Å². The van der Waals surface area contributed by atoms with Crippen molar-refractivity contribution in [3.05, 3.63) is 46.8 Å². The molecule has 0 radical (unpaired) electrons. The predicted octanol–water partition coefficient (Wildman–Crippen LogP) is 2.59. The third kappa shape index (κ3) is 2.28. The molecule has 5 heteroatoms. The first-order chi connectivity index (χ1) is 10.1. The van der Waals surface area contributed by atoms with Gasteiger partial charge in [0.25, 0.3) is 5.91 Å². The van der Waals surface area contributed by atoms with Crippen LogP contribution in [-0.2, 0) is 0 Å². The molecule has 1 fully saturated rings. The number of aromatic amines is 1. The minimum Gasteiger partial charge on any atom is -0.395 e. The number of nitrogen functional groups attached to an aromatic ring is 1. The molecule has 1 aromatic carbocycles.